The van der Waals surface area contributed by atoms with Gasteiger partial charge in [0.15, 0.2) is 0 Å². The smallest absolute Gasteiger partial charge is 0.243 e. The van der Waals surface area contributed by atoms with Crippen LogP contribution in [-0.4, -0.2) is 28.7 Å². The van der Waals surface area contributed by atoms with Crippen LogP contribution in [0.1, 0.15) is 25.3 Å². The highest BCUT2D eigenvalue weighted by Crippen LogP contribution is 2.36. The zero-order chi connectivity index (χ0) is 17.3. The van der Waals surface area contributed by atoms with E-state index in [4.69, 9.17) is 0 Å². The Balaban J connectivity index is 1.64. The van der Waals surface area contributed by atoms with Crippen LogP contribution in [0.3, 0.4) is 0 Å². The molecule has 1 saturated heterocycles. The topological polar surface area (TPSA) is 66.5 Å². The zero-order valence-corrected chi connectivity index (χ0v) is 13.4. The summed E-state index contributed by atoms with van der Waals surface area (Å²) in [6.07, 6.45) is 4.93. The van der Waals surface area contributed by atoms with E-state index in [1.807, 2.05) is 12.2 Å². The van der Waals surface area contributed by atoms with Crippen LogP contribution in [0.15, 0.2) is 36.4 Å². The predicted molar refractivity (Wildman–Crippen MR) is 84.9 cm³/mol. The molecule has 2 aliphatic rings. The van der Waals surface area contributed by atoms with Crippen molar-refractivity contribution in [3.05, 3.63) is 47.8 Å². The molecule has 0 spiro atoms. The van der Waals surface area contributed by atoms with Gasteiger partial charge in [0, 0.05) is 6.54 Å². The normalized spacial score (nSPS) is 24.0. The van der Waals surface area contributed by atoms with Gasteiger partial charge in [0.2, 0.25) is 17.7 Å². The minimum Gasteiger partial charge on any atom is -0.350 e. The first-order valence-electron chi connectivity index (χ1n) is 8.03. The van der Waals surface area contributed by atoms with Gasteiger partial charge in [-0.05, 0) is 37.5 Å². The molecule has 126 valence electrons. The molecule has 24 heavy (non-hydrogen) atoms. The summed E-state index contributed by atoms with van der Waals surface area (Å²) < 4.78 is 12.9. The lowest BCUT2D eigenvalue weighted by Crippen LogP contribution is -2.48. The first-order valence-corrected chi connectivity index (χ1v) is 8.03. The molecule has 0 aromatic heterocycles. The molecule has 3 rings (SSSR count). The van der Waals surface area contributed by atoms with Gasteiger partial charge in [-0.25, -0.2) is 4.39 Å². The van der Waals surface area contributed by atoms with Gasteiger partial charge in [-0.2, -0.15) is 0 Å². The number of hydrogen-bond acceptors (Lipinski definition) is 3. The number of likely N-dealkylation sites (tertiary alicyclic amines) is 1. The maximum atomic E-state index is 12.9. The SMILES string of the molecule is C[C@@H](C(=O)NCc1ccc(F)cc1)N1C(=O)[C@H]2CC=CC[C@@H]2C1=O. The number of nitrogens with one attached hydrogen (secondary N) is 1. The monoisotopic (exact) mass is 330 g/mol. The molecule has 1 heterocycles. The maximum Gasteiger partial charge on any atom is 0.243 e. The second kappa shape index (κ2) is 6.55. The number of benzene rings is 1. The third-order valence-corrected chi connectivity index (χ3v) is 4.69. The van der Waals surface area contributed by atoms with Crippen LogP contribution in [0, 0.1) is 17.7 Å². The molecule has 1 fully saturated rings. The molecule has 0 radical (unpaired) electrons. The molecule has 1 aromatic carbocycles. The van der Waals surface area contributed by atoms with E-state index in [1.54, 1.807) is 19.1 Å². The molecular formula is C18H19FN2O3. The highest BCUT2D eigenvalue weighted by atomic mass is 19.1. The number of carbonyl (C=O) groups is 3. The van der Waals surface area contributed by atoms with Crippen LogP contribution < -0.4 is 5.32 Å². The van der Waals surface area contributed by atoms with Crippen LogP contribution in [0.5, 0.6) is 0 Å². The Morgan fingerprint density at radius 1 is 1.17 bits per heavy atom. The third kappa shape index (κ3) is 2.96. The van der Waals surface area contributed by atoms with Gasteiger partial charge in [-0.15, -0.1) is 0 Å². The van der Waals surface area contributed by atoms with Crippen molar-refractivity contribution < 1.29 is 18.8 Å². The molecule has 3 atom stereocenters. The van der Waals surface area contributed by atoms with Crippen molar-refractivity contribution >= 4 is 17.7 Å². The van der Waals surface area contributed by atoms with Crippen molar-refractivity contribution in [2.24, 2.45) is 11.8 Å². The lowest BCUT2D eigenvalue weighted by molar-refractivity contribution is -0.147. The summed E-state index contributed by atoms with van der Waals surface area (Å²) in [7, 11) is 0. The van der Waals surface area contributed by atoms with Crippen LogP contribution in [-0.2, 0) is 20.9 Å². The van der Waals surface area contributed by atoms with E-state index in [1.165, 1.54) is 12.1 Å². The first kappa shape index (κ1) is 16.4. The lowest BCUT2D eigenvalue weighted by atomic mass is 9.85. The average Bonchev–Trinajstić information content (AvgIpc) is 2.85. The highest BCUT2D eigenvalue weighted by molar-refractivity contribution is 6.08. The van der Waals surface area contributed by atoms with Crippen LogP contribution >= 0.6 is 0 Å². The van der Waals surface area contributed by atoms with Crippen molar-refractivity contribution in [1.29, 1.82) is 0 Å². The number of allylic oxidation sites excluding steroid dienone is 2. The summed E-state index contributed by atoms with van der Waals surface area (Å²) in [4.78, 5) is 38.3. The Labute approximate surface area is 139 Å². The van der Waals surface area contributed by atoms with Crippen LogP contribution in [0.2, 0.25) is 0 Å². The van der Waals surface area contributed by atoms with Gasteiger partial charge >= 0.3 is 0 Å². The first-order chi connectivity index (χ1) is 11.5. The summed E-state index contributed by atoms with van der Waals surface area (Å²) in [6.45, 7) is 1.77. The Hall–Kier alpha value is -2.50. The number of carbonyl (C=O) groups excluding carboxylic acids is 3. The Morgan fingerprint density at radius 3 is 2.25 bits per heavy atom. The van der Waals surface area contributed by atoms with E-state index in [0.717, 1.165) is 10.5 Å². The minimum absolute atomic E-state index is 0.216. The van der Waals surface area contributed by atoms with E-state index < -0.39 is 11.9 Å². The second-order valence-electron chi connectivity index (χ2n) is 6.22. The molecule has 6 heteroatoms. The molecule has 5 nitrogen and oxygen atoms in total. The number of amides is 3. The van der Waals surface area contributed by atoms with Crippen molar-refractivity contribution in [2.45, 2.75) is 32.4 Å². The second-order valence-corrected chi connectivity index (χ2v) is 6.22. The molecule has 1 aliphatic heterocycles. The third-order valence-electron chi connectivity index (χ3n) is 4.69. The number of halogens is 1. The van der Waals surface area contributed by atoms with E-state index >= 15 is 0 Å². The molecule has 1 N–H and O–H groups in total. The molecule has 0 saturated carbocycles. The Bertz CT molecular complexity index is 673. The van der Waals surface area contributed by atoms with Gasteiger partial charge in [-0.1, -0.05) is 24.3 Å². The van der Waals surface area contributed by atoms with E-state index in [9.17, 15) is 18.8 Å². The number of nitrogens with zero attached hydrogens (tertiary/aromatic N) is 1. The number of imide groups is 1. The molecule has 1 aliphatic carbocycles. The average molecular weight is 330 g/mol. The van der Waals surface area contributed by atoms with Crippen LogP contribution in [0.25, 0.3) is 0 Å². The Morgan fingerprint density at radius 2 is 1.71 bits per heavy atom. The number of rotatable bonds is 4. The van der Waals surface area contributed by atoms with Gasteiger partial charge in [0.05, 0.1) is 11.8 Å². The van der Waals surface area contributed by atoms with Crippen molar-refractivity contribution in [3.8, 4) is 0 Å². The predicted octanol–water partition coefficient (Wildman–Crippen LogP) is 1.78. The maximum absolute atomic E-state index is 12.9. The lowest BCUT2D eigenvalue weighted by Gasteiger charge is -2.22. The molecular weight excluding hydrogens is 311 g/mol. The van der Waals surface area contributed by atoms with E-state index in [-0.39, 0.29) is 36.0 Å². The zero-order valence-electron chi connectivity index (χ0n) is 13.4. The van der Waals surface area contributed by atoms with Gasteiger partial charge < -0.3 is 5.32 Å². The minimum atomic E-state index is -0.851. The summed E-state index contributed by atoms with van der Waals surface area (Å²) in [5.41, 5.74) is 0.744. The summed E-state index contributed by atoms with van der Waals surface area (Å²) >= 11 is 0. The van der Waals surface area contributed by atoms with E-state index in [0.29, 0.717) is 12.8 Å². The molecule has 0 unspecified atom stereocenters. The molecule has 0 bridgehead atoms. The summed E-state index contributed by atoms with van der Waals surface area (Å²) in [6, 6.07) is 4.93. The fourth-order valence-corrected chi connectivity index (χ4v) is 3.26. The standard InChI is InChI=1S/C18H19FN2O3/c1-11(16(22)20-10-12-6-8-13(19)9-7-12)21-17(23)14-4-2-3-5-15(14)18(21)24/h2-3,6-9,11,14-15H,4-5,10H2,1H3,(H,20,22)/t11-,14-,15-/m0/s1. The number of hydrogen-bond donors (Lipinski definition) is 1. The van der Waals surface area contributed by atoms with Crippen molar-refractivity contribution in [1.82, 2.24) is 10.2 Å². The fourth-order valence-electron chi connectivity index (χ4n) is 3.26. The van der Waals surface area contributed by atoms with Gasteiger partial charge in [-0.3, -0.25) is 19.3 Å². The van der Waals surface area contributed by atoms with Crippen molar-refractivity contribution in [2.75, 3.05) is 0 Å². The van der Waals surface area contributed by atoms with Gasteiger partial charge in [0.1, 0.15) is 11.9 Å². The van der Waals surface area contributed by atoms with Crippen molar-refractivity contribution in [3.63, 3.8) is 0 Å². The van der Waals surface area contributed by atoms with Gasteiger partial charge in [0.25, 0.3) is 0 Å². The highest BCUT2D eigenvalue weighted by Gasteiger charge is 2.49. The molecule has 3 amide bonds. The summed E-state index contributed by atoms with van der Waals surface area (Å²) in [5.74, 6) is -1.95. The Kier molecular flexibility index (Phi) is 4.46. The summed E-state index contributed by atoms with van der Waals surface area (Å²) in [5, 5.41) is 2.69. The quantitative estimate of drug-likeness (QED) is 0.676. The largest absolute Gasteiger partial charge is 0.350 e. The number of fused-ring (bicyclic) bond motifs is 1. The van der Waals surface area contributed by atoms with E-state index in [2.05, 4.69) is 5.32 Å². The van der Waals surface area contributed by atoms with Crippen LogP contribution in [0.4, 0.5) is 4.39 Å². The fraction of sp³-hybridized carbons (Fsp3) is 0.389. The molecule has 1 aromatic rings.